The van der Waals surface area contributed by atoms with Crippen molar-refractivity contribution in [2.75, 3.05) is 23.7 Å². The minimum absolute atomic E-state index is 0. The number of anilines is 2. The average molecular weight is 695 g/mol. The maximum absolute atomic E-state index is 13.7. The second kappa shape index (κ2) is 15.3. The largest absolute Gasteiger partial charge is 0.405 e. The number of rotatable bonds is 10. The molecule has 0 radical (unpaired) electrons. The maximum atomic E-state index is 13.7. The molecular weight excluding hydrogens is 662 g/mol. The van der Waals surface area contributed by atoms with Gasteiger partial charge < -0.3 is 16.0 Å². The molecule has 2 amide bonds. The van der Waals surface area contributed by atoms with E-state index in [0.29, 0.717) is 41.2 Å². The first kappa shape index (κ1) is 35.9. The van der Waals surface area contributed by atoms with E-state index in [1.807, 2.05) is 60.7 Å². The highest BCUT2D eigenvalue weighted by Gasteiger charge is 2.49. The number of halogens is 5. The van der Waals surface area contributed by atoms with Crippen LogP contribution < -0.4 is 16.0 Å². The highest BCUT2D eigenvalue weighted by atomic mass is 35.5. The monoisotopic (exact) mass is 693 g/mol. The molecule has 0 saturated carbocycles. The van der Waals surface area contributed by atoms with E-state index in [1.54, 1.807) is 55.0 Å². The number of aromatic nitrogens is 2. The van der Waals surface area contributed by atoms with Gasteiger partial charge in [-0.15, -0.1) is 24.8 Å². The van der Waals surface area contributed by atoms with Gasteiger partial charge >= 0.3 is 6.18 Å². The van der Waals surface area contributed by atoms with Gasteiger partial charge in [0.2, 0.25) is 5.91 Å². The summed E-state index contributed by atoms with van der Waals surface area (Å²) < 4.78 is 39.4. The van der Waals surface area contributed by atoms with Crippen LogP contribution in [0.4, 0.5) is 24.7 Å². The van der Waals surface area contributed by atoms with Gasteiger partial charge in [0.15, 0.2) is 0 Å². The van der Waals surface area contributed by atoms with Crippen LogP contribution in [0.1, 0.15) is 34.3 Å². The summed E-state index contributed by atoms with van der Waals surface area (Å²) in [7, 11) is 0. The van der Waals surface area contributed by atoms with Crippen molar-refractivity contribution in [1.82, 2.24) is 15.3 Å². The number of carbonyl (C=O) groups excluding carboxylic acids is 2. The first-order valence-corrected chi connectivity index (χ1v) is 14.8. The molecule has 0 spiro atoms. The normalized spacial score (nSPS) is 12.4. The van der Waals surface area contributed by atoms with Crippen molar-refractivity contribution in [2.45, 2.75) is 24.4 Å². The van der Waals surface area contributed by atoms with E-state index in [0.717, 1.165) is 22.3 Å². The van der Waals surface area contributed by atoms with Crippen LogP contribution in [0, 0.1) is 0 Å². The first-order chi connectivity index (χ1) is 22.3. The molecule has 248 valence electrons. The molecule has 12 heteroatoms. The number of carbonyl (C=O) groups is 2. The average Bonchev–Trinajstić information content (AvgIpc) is 3.37. The van der Waals surface area contributed by atoms with E-state index in [9.17, 15) is 22.8 Å². The smallest absolute Gasteiger partial charge is 0.384 e. The molecule has 6 rings (SSSR count). The Bertz CT molecular complexity index is 1830. The molecule has 0 saturated heterocycles. The van der Waals surface area contributed by atoms with Crippen molar-refractivity contribution in [2.24, 2.45) is 0 Å². The van der Waals surface area contributed by atoms with E-state index >= 15 is 0 Å². The predicted octanol–water partition coefficient (Wildman–Crippen LogP) is 8.08. The summed E-state index contributed by atoms with van der Waals surface area (Å²) in [5.41, 5.74) is 4.58. The van der Waals surface area contributed by atoms with Crippen LogP contribution in [0.15, 0.2) is 116 Å². The molecule has 48 heavy (non-hydrogen) atoms. The molecule has 3 aromatic carbocycles. The molecule has 1 aliphatic carbocycles. The van der Waals surface area contributed by atoms with Gasteiger partial charge in [0.1, 0.15) is 17.8 Å². The van der Waals surface area contributed by atoms with Crippen LogP contribution in [-0.4, -0.2) is 41.0 Å². The molecule has 0 unspecified atom stereocenters. The molecule has 0 fully saturated rings. The minimum Gasteiger partial charge on any atom is -0.384 e. The fourth-order valence-corrected chi connectivity index (χ4v) is 6.08. The Morgan fingerprint density at radius 3 is 2.00 bits per heavy atom. The van der Waals surface area contributed by atoms with Crippen molar-refractivity contribution in [1.29, 1.82) is 0 Å². The lowest BCUT2D eigenvalue weighted by atomic mass is 9.73. The number of alkyl halides is 3. The van der Waals surface area contributed by atoms with Crippen LogP contribution in [-0.2, 0) is 10.2 Å². The summed E-state index contributed by atoms with van der Waals surface area (Å²) in [5.74, 6) is -0.607. The van der Waals surface area contributed by atoms with Crippen molar-refractivity contribution in [3.8, 4) is 22.3 Å². The SMILES string of the molecule is Cl.Cl.O=C(Nc1ccc(NCCCC2(C(=O)NCC(F)(F)F)c3ccccc3-c3ccccc32)cn1)c1ccccc1-c1cccnc1. The third kappa shape index (κ3) is 7.45. The third-order valence-electron chi connectivity index (χ3n) is 8.11. The molecule has 0 atom stereocenters. The quantitative estimate of drug-likeness (QED) is 0.129. The molecule has 7 nitrogen and oxygen atoms in total. The Kier molecular flexibility index (Phi) is 11.5. The Labute approximate surface area is 288 Å². The van der Waals surface area contributed by atoms with E-state index in [4.69, 9.17) is 0 Å². The van der Waals surface area contributed by atoms with Crippen molar-refractivity contribution in [3.05, 3.63) is 132 Å². The fraction of sp³-hybridized carbons (Fsp3) is 0.167. The van der Waals surface area contributed by atoms with Gasteiger partial charge in [-0.3, -0.25) is 14.6 Å². The van der Waals surface area contributed by atoms with E-state index in [-0.39, 0.29) is 37.1 Å². The Morgan fingerprint density at radius 2 is 1.40 bits per heavy atom. The number of hydrogen-bond acceptors (Lipinski definition) is 5. The highest BCUT2D eigenvalue weighted by Crippen LogP contribution is 2.51. The van der Waals surface area contributed by atoms with Crippen LogP contribution in [0.2, 0.25) is 0 Å². The van der Waals surface area contributed by atoms with Crippen LogP contribution in [0.3, 0.4) is 0 Å². The molecule has 1 aliphatic rings. The van der Waals surface area contributed by atoms with Gasteiger partial charge in [0.05, 0.1) is 11.9 Å². The number of hydrogen-bond donors (Lipinski definition) is 3. The maximum Gasteiger partial charge on any atom is 0.405 e. The summed E-state index contributed by atoms with van der Waals surface area (Å²) >= 11 is 0. The van der Waals surface area contributed by atoms with Crippen LogP contribution >= 0.6 is 24.8 Å². The number of benzene rings is 3. The number of pyridine rings is 2. The lowest BCUT2D eigenvalue weighted by Crippen LogP contribution is -2.47. The predicted molar refractivity (Wildman–Crippen MR) is 186 cm³/mol. The van der Waals surface area contributed by atoms with Crippen molar-refractivity contribution in [3.63, 3.8) is 0 Å². The molecule has 2 aromatic heterocycles. The second-order valence-corrected chi connectivity index (χ2v) is 11.0. The van der Waals surface area contributed by atoms with Gasteiger partial charge in [-0.05, 0) is 64.9 Å². The summed E-state index contributed by atoms with van der Waals surface area (Å²) in [5, 5.41) is 8.27. The number of nitrogens with zero attached hydrogens (tertiary/aromatic N) is 2. The van der Waals surface area contributed by atoms with Crippen molar-refractivity contribution < 1.29 is 22.8 Å². The summed E-state index contributed by atoms with van der Waals surface area (Å²) in [6, 6.07) is 29.2. The van der Waals surface area contributed by atoms with E-state index in [2.05, 4.69) is 25.9 Å². The zero-order valence-electron chi connectivity index (χ0n) is 25.5. The summed E-state index contributed by atoms with van der Waals surface area (Å²) in [6.45, 7) is -0.968. The van der Waals surface area contributed by atoms with Gasteiger partial charge in [0, 0.05) is 30.1 Å². The van der Waals surface area contributed by atoms with Crippen LogP contribution in [0.5, 0.6) is 0 Å². The van der Waals surface area contributed by atoms with Crippen LogP contribution in [0.25, 0.3) is 22.3 Å². The second-order valence-electron chi connectivity index (χ2n) is 11.0. The molecule has 2 heterocycles. The van der Waals surface area contributed by atoms with Gasteiger partial charge in [-0.2, -0.15) is 13.2 Å². The minimum atomic E-state index is -4.53. The zero-order chi connectivity index (χ0) is 32.1. The fourth-order valence-electron chi connectivity index (χ4n) is 6.08. The highest BCUT2D eigenvalue weighted by molar-refractivity contribution is 6.08. The summed E-state index contributed by atoms with van der Waals surface area (Å²) in [4.78, 5) is 35.3. The summed E-state index contributed by atoms with van der Waals surface area (Å²) in [6.07, 6.45) is 1.20. The van der Waals surface area contributed by atoms with Gasteiger partial charge in [0.25, 0.3) is 5.91 Å². The zero-order valence-corrected chi connectivity index (χ0v) is 27.1. The molecule has 3 N–H and O–H groups in total. The van der Waals surface area contributed by atoms with Gasteiger partial charge in [-0.1, -0.05) is 72.8 Å². The van der Waals surface area contributed by atoms with Crippen molar-refractivity contribution >= 4 is 48.1 Å². The Balaban J connectivity index is 0.00000260. The van der Waals surface area contributed by atoms with Gasteiger partial charge in [-0.25, -0.2) is 4.98 Å². The lowest BCUT2D eigenvalue weighted by Gasteiger charge is -2.31. The third-order valence-corrected chi connectivity index (χ3v) is 8.11. The number of nitrogens with one attached hydrogen (secondary N) is 3. The van der Waals surface area contributed by atoms with E-state index < -0.39 is 24.0 Å². The first-order valence-electron chi connectivity index (χ1n) is 14.8. The molecular formula is C36H32Cl2F3N5O2. The number of amides is 2. The standard InChI is InChI=1S/C36H30F3N5O2.2ClH/c37-36(38,39)23-43-34(46)35(30-14-5-3-11-27(30)28-12-4-6-15-31(28)35)18-8-20-41-25-16-17-32(42-22-25)44-33(45)29-13-2-1-10-26(29)24-9-7-19-40-21-24;;/h1-7,9-17,19,21-22,41H,8,18,20,23H2,(H,43,46)(H,42,44,45);2*1H. The lowest BCUT2D eigenvalue weighted by molar-refractivity contribution is -0.141. The molecule has 5 aromatic rings. The Morgan fingerprint density at radius 1 is 0.750 bits per heavy atom. The molecule has 0 aliphatic heterocycles. The number of fused-ring (bicyclic) bond motifs is 3. The molecule has 0 bridgehead atoms. The van der Waals surface area contributed by atoms with E-state index in [1.165, 1.54) is 0 Å². The Hall–Kier alpha value is -4.93. The topological polar surface area (TPSA) is 96.0 Å².